The Morgan fingerprint density at radius 1 is 0.943 bits per heavy atom. The van der Waals surface area contributed by atoms with E-state index in [-0.39, 0.29) is 5.88 Å². The van der Waals surface area contributed by atoms with Crippen LogP contribution in [0.4, 0.5) is 0 Å². The van der Waals surface area contributed by atoms with Crippen molar-refractivity contribution in [2.75, 3.05) is 7.11 Å². The van der Waals surface area contributed by atoms with Crippen LogP contribution in [-0.4, -0.2) is 26.8 Å². The van der Waals surface area contributed by atoms with Crippen LogP contribution in [-0.2, 0) is 12.6 Å². The Hall–Kier alpha value is -3.58. The van der Waals surface area contributed by atoms with Gasteiger partial charge >= 0.3 is 0 Å². The molecule has 0 fully saturated rings. The Morgan fingerprint density at radius 3 is 2.31 bits per heavy atom. The zero-order valence-electron chi connectivity index (χ0n) is 18.9. The van der Waals surface area contributed by atoms with Crippen molar-refractivity contribution in [2.24, 2.45) is 7.05 Å². The van der Waals surface area contributed by atoms with Gasteiger partial charge < -0.3 is 19.1 Å². The van der Waals surface area contributed by atoms with Crippen molar-refractivity contribution in [3.63, 3.8) is 0 Å². The van der Waals surface area contributed by atoms with Crippen LogP contribution in [0.5, 0.6) is 17.4 Å². The van der Waals surface area contributed by atoms with Gasteiger partial charge in [-0.3, -0.25) is 0 Å². The van der Waals surface area contributed by atoms with Gasteiger partial charge in [0.15, 0.2) is 5.60 Å². The van der Waals surface area contributed by atoms with E-state index >= 15 is 0 Å². The first-order valence-electron chi connectivity index (χ1n) is 10.8. The van der Waals surface area contributed by atoms with Gasteiger partial charge in [-0.05, 0) is 47.5 Å². The highest BCUT2D eigenvalue weighted by Crippen LogP contribution is 2.44. The van der Waals surface area contributed by atoms with Gasteiger partial charge in [0.25, 0.3) is 5.88 Å². The molecule has 176 valence electrons. The fourth-order valence-corrected chi connectivity index (χ4v) is 4.50. The molecule has 1 N–H and O–H groups in total. The molecular weight excluding hydrogens is 485 g/mol. The minimum Gasteiger partial charge on any atom is -0.478 e. The molecule has 0 aliphatic carbocycles. The summed E-state index contributed by atoms with van der Waals surface area (Å²) in [5.41, 5.74) is 0.851. The third-order valence-corrected chi connectivity index (χ3v) is 6.50. The molecule has 3 aromatic carbocycles. The van der Waals surface area contributed by atoms with Gasteiger partial charge in [-0.15, -0.1) is 0 Å². The Balaban J connectivity index is 1.72. The van der Waals surface area contributed by atoms with Crippen molar-refractivity contribution < 1.29 is 14.6 Å². The molecule has 5 rings (SSSR count). The molecule has 0 aliphatic heterocycles. The molecule has 5 aromatic rings. The lowest BCUT2D eigenvalue weighted by Crippen LogP contribution is -2.31. The first kappa shape index (κ1) is 23.2. The fraction of sp³-hybridized carbons (Fsp3) is 0.111. The highest BCUT2D eigenvalue weighted by atomic mass is 35.5. The lowest BCUT2D eigenvalue weighted by Gasteiger charge is -2.30. The van der Waals surface area contributed by atoms with E-state index < -0.39 is 5.60 Å². The number of aromatic nitrogens is 3. The van der Waals surface area contributed by atoms with Gasteiger partial charge in [0.1, 0.15) is 5.75 Å². The van der Waals surface area contributed by atoms with Gasteiger partial charge in [-0.25, -0.2) is 9.97 Å². The summed E-state index contributed by atoms with van der Waals surface area (Å²) in [6.07, 6.45) is 3.28. The summed E-state index contributed by atoms with van der Waals surface area (Å²) in [5, 5.41) is 13.7. The van der Waals surface area contributed by atoms with E-state index in [0.717, 1.165) is 0 Å². The van der Waals surface area contributed by atoms with Gasteiger partial charge in [-0.2, -0.15) is 0 Å². The van der Waals surface area contributed by atoms with Crippen molar-refractivity contribution in [3.8, 4) is 17.4 Å². The second-order valence-corrected chi connectivity index (χ2v) is 8.83. The van der Waals surface area contributed by atoms with Crippen molar-refractivity contribution in [2.45, 2.75) is 5.60 Å². The van der Waals surface area contributed by atoms with E-state index in [1.807, 2.05) is 49.5 Å². The van der Waals surface area contributed by atoms with Crippen LogP contribution in [0.2, 0.25) is 10.0 Å². The number of fused-ring (bicyclic) bond motifs is 1. The number of halogens is 2. The number of aryl methyl sites for hydroxylation is 1. The molecule has 8 heteroatoms. The lowest BCUT2D eigenvalue weighted by molar-refractivity contribution is 0.117. The monoisotopic (exact) mass is 505 g/mol. The van der Waals surface area contributed by atoms with E-state index in [9.17, 15) is 5.11 Å². The van der Waals surface area contributed by atoms with Crippen LogP contribution in [0, 0.1) is 0 Å². The zero-order chi connectivity index (χ0) is 24.6. The van der Waals surface area contributed by atoms with E-state index in [1.165, 1.54) is 7.11 Å². The van der Waals surface area contributed by atoms with E-state index in [4.69, 9.17) is 32.7 Å². The summed E-state index contributed by atoms with van der Waals surface area (Å²) in [6.45, 7) is 0. The standard InChI is InChI=1S/C27H21Cl2N3O3/c1-32-16-30-15-23(32)27(33,17-8-11-19(28)12-9-17)18-10-13-22-21(14-18)24(29)25(26(31-22)34-2)35-20-6-4-3-5-7-20/h3-16,33H,1-2H3. The highest BCUT2D eigenvalue weighted by Gasteiger charge is 2.37. The van der Waals surface area contributed by atoms with Crippen LogP contribution in [0.3, 0.4) is 0 Å². The van der Waals surface area contributed by atoms with Crippen LogP contribution in [0.1, 0.15) is 16.8 Å². The summed E-state index contributed by atoms with van der Waals surface area (Å²) in [7, 11) is 3.34. The number of rotatable bonds is 6. The number of aliphatic hydroxyl groups is 1. The molecule has 35 heavy (non-hydrogen) atoms. The molecule has 1 unspecified atom stereocenters. The topological polar surface area (TPSA) is 69.4 Å². The van der Waals surface area contributed by atoms with Gasteiger partial charge in [0, 0.05) is 17.5 Å². The number of hydrogen-bond acceptors (Lipinski definition) is 5. The minimum atomic E-state index is -1.53. The maximum Gasteiger partial charge on any atom is 0.259 e. The second-order valence-electron chi connectivity index (χ2n) is 8.02. The molecule has 0 spiro atoms. The average Bonchev–Trinajstić information content (AvgIpc) is 3.32. The molecular formula is C27H21Cl2N3O3. The predicted octanol–water partition coefficient (Wildman–Crippen LogP) is 6.36. The van der Waals surface area contributed by atoms with Crippen LogP contribution >= 0.6 is 23.2 Å². The number of para-hydroxylation sites is 1. The van der Waals surface area contributed by atoms with Crippen molar-refractivity contribution in [1.82, 2.24) is 14.5 Å². The molecule has 0 bridgehead atoms. The number of benzene rings is 3. The number of ether oxygens (including phenoxy) is 2. The summed E-state index contributed by atoms with van der Waals surface area (Å²) in [6, 6.07) is 21.7. The Bertz CT molecular complexity index is 1500. The molecule has 0 aliphatic rings. The Kier molecular flexibility index (Phi) is 6.11. The SMILES string of the molecule is COc1nc2ccc(C(O)(c3ccc(Cl)cc3)c3cncn3C)cc2c(Cl)c1Oc1ccccc1. The molecule has 0 radical (unpaired) electrons. The van der Waals surface area contributed by atoms with Crippen molar-refractivity contribution in [1.29, 1.82) is 0 Å². The van der Waals surface area contributed by atoms with Gasteiger partial charge in [0.2, 0.25) is 5.75 Å². The Labute approximate surface area is 212 Å². The zero-order valence-corrected chi connectivity index (χ0v) is 20.5. The quantitative estimate of drug-likeness (QED) is 0.290. The normalized spacial score (nSPS) is 12.9. The maximum absolute atomic E-state index is 12.2. The molecule has 0 saturated heterocycles. The summed E-state index contributed by atoms with van der Waals surface area (Å²) in [4.78, 5) is 8.81. The third kappa shape index (κ3) is 4.10. The van der Waals surface area contributed by atoms with Gasteiger partial charge in [-0.1, -0.05) is 59.6 Å². The minimum absolute atomic E-state index is 0.263. The number of nitrogens with zero attached hydrogens (tertiary/aromatic N) is 3. The highest BCUT2D eigenvalue weighted by molar-refractivity contribution is 6.37. The fourth-order valence-electron chi connectivity index (χ4n) is 4.10. The molecule has 2 heterocycles. The molecule has 0 saturated carbocycles. The molecule has 2 aromatic heterocycles. The first-order chi connectivity index (χ1) is 16.9. The van der Waals surface area contributed by atoms with E-state index in [1.54, 1.807) is 47.4 Å². The number of imidazole rings is 1. The van der Waals surface area contributed by atoms with Crippen molar-refractivity contribution in [3.05, 3.63) is 112 Å². The van der Waals surface area contributed by atoms with Crippen LogP contribution in [0.25, 0.3) is 10.9 Å². The summed E-state index contributed by atoms with van der Waals surface area (Å²) >= 11 is 13.0. The number of pyridine rings is 1. The lowest BCUT2D eigenvalue weighted by atomic mass is 9.83. The molecule has 0 amide bonds. The number of methoxy groups -OCH3 is 1. The van der Waals surface area contributed by atoms with Gasteiger partial charge in [0.05, 0.1) is 35.9 Å². The van der Waals surface area contributed by atoms with Crippen molar-refractivity contribution >= 4 is 34.1 Å². The smallest absolute Gasteiger partial charge is 0.259 e. The molecule has 1 atom stereocenters. The number of hydrogen-bond donors (Lipinski definition) is 1. The Morgan fingerprint density at radius 2 is 1.66 bits per heavy atom. The third-order valence-electron chi connectivity index (χ3n) is 5.87. The van der Waals surface area contributed by atoms with E-state index in [2.05, 4.69) is 9.97 Å². The molecule has 6 nitrogen and oxygen atoms in total. The average molecular weight is 506 g/mol. The summed E-state index contributed by atoms with van der Waals surface area (Å²) < 4.78 is 13.3. The van der Waals surface area contributed by atoms with Crippen LogP contribution in [0.15, 0.2) is 85.3 Å². The largest absolute Gasteiger partial charge is 0.478 e. The first-order valence-corrected chi connectivity index (χ1v) is 11.5. The summed E-state index contributed by atoms with van der Waals surface area (Å²) in [5.74, 6) is 1.15. The maximum atomic E-state index is 12.2. The second kappa shape index (κ2) is 9.23. The predicted molar refractivity (Wildman–Crippen MR) is 137 cm³/mol. The van der Waals surface area contributed by atoms with Crippen LogP contribution < -0.4 is 9.47 Å². The van der Waals surface area contributed by atoms with E-state index in [0.29, 0.717) is 49.3 Å².